The monoisotopic (exact) mass is 491 g/mol. The minimum absolute atomic E-state index is 0.104. The van der Waals surface area contributed by atoms with Crippen molar-refractivity contribution in [3.05, 3.63) is 59.7 Å². The molecule has 2 fully saturated rings. The van der Waals surface area contributed by atoms with E-state index in [4.69, 9.17) is 15.5 Å². The maximum Gasteiger partial charge on any atom is 0.218 e. The van der Waals surface area contributed by atoms with Crippen LogP contribution in [0.5, 0.6) is 5.75 Å². The Morgan fingerprint density at radius 3 is 2.17 bits per heavy atom. The summed E-state index contributed by atoms with van der Waals surface area (Å²) < 4.78 is 5.29. The molecule has 1 heterocycles. The second-order valence-corrected chi connectivity index (χ2v) is 10.4. The third kappa shape index (κ3) is 7.00. The number of hydrogen-bond donors (Lipinski definition) is 3. The Morgan fingerprint density at radius 2 is 1.61 bits per heavy atom. The van der Waals surface area contributed by atoms with Crippen LogP contribution in [-0.4, -0.2) is 55.1 Å². The van der Waals surface area contributed by atoms with Crippen LogP contribution in [-0.2, 0) is 4.79 Å². The molecule has 1 aliphatic heterocycles. The van der Waals surface area contributed by atoms with Crippen LogP contribution in [0.15, 0.2) is 53.5 Å². The first kappa shape index (κ1) is 26.0. The van der Waals surface area contributed by atoms with Gasteiger partial charge in [0.15, 0.2) is 5.96 Å². The maximum atomic E-state index is 11.9. The van der Waals surface area contributed by atoms with Gasteiger partial charge in [-0.15, -0.1) is 0 Å². The van der Waals surface area contributed by atoms with Crippen molar-refractivity contribution in [1.29, 1.82) is 0 Å². The highest BCUT2D eigenvalue weighted by Gasteiger charge is 2.25. The number of hydrogen-bond acceptors (Lipinski definition) is 4. The molecule has 3 atom stereocenters. The first-order valence-corrected chi connectivity index (χ1v) is 13.3. The third-order valence-corrected chi connectivity index (χ3v) is 7.23. The van der Waals surface area contributed by atoms with Crippen molar-refractivity contribution in [3.63, 3.8) is 0 Å². The van der Waals surface area contributed by atoms with Gasteiger partial charge in [0.1, 0.15) is 5.75 Å². The van der Waals surface area contributed by atoms with Crippen molar-refractivity contribution >= 4 is 17.6 Å². The van der Waals surface area contributed by atoms with E-state index in [2.05, 4.69) is 53.6 Å². The number of nitrogens with zero attached hydrogens (tertiary/aromatic N) is 2. The predicted octanol–water partition coefficient (Wildman–Crippen LogP) is 4.49. The summed E-state index contributed by atoms with van der Waals surface area (Å²) in [4.78, 5) is 19.5. The van der Waals surface area contributed by atoms with Crippen molar-refractivity contribution < 1.29 is 9.53 Å². The summed E-state index contributed by atoms with van der Waals surface area (Å²) in [5.41, 5.74) is 8.71. The number of carbonyl (C=O) groups is 1. The number of benzene rings is 2. The zero-order valence-electron chi connectivity index (χ0n) is 21.9. The van der Waals surface area contributed by atoms with Crippen LogP contribution in [0.25, 0.3) is 0 Å². The van der Waals surface area contributed by atoms with Crippen LogP contribution in [0.2, 0.25) is 0 Å². The van der Waals surface area contributed by atoms with Crippen molar-refractivity contribution in [1.82, 2.24) is 10.2 Å². The van der Waals surface area contributed by atoms with Crippen LogP contribution in [0.1, 0.15) is 69.4 Å². The highest BCUT2D eigenvalue weighted by atomic mass is 16.5. The molecule has 7 heteroatoms. The largest absolute Gasteiger partial charge is 0.497 e. The second kappa shape index (κ2) is 12.3. The summed E-state index contributed by atoms with van der Waals surface area (Å²) in [7, 11) is 1.65. The number of aliphatic imine (C=N–C) groups is 1. The van der Waals surface area contributed by atoms with Gasteiger partial charge in [-0.25, -0.2) is 4.99 Å². The molecule has 7 nitrogen and oxygen atoms in total. The third-order valence-electron chi connectivity index (χ3n) is 7.23. The van der Waals surface area contributed by atoms with E-state index in [0.717, 1.165) is 54.5 Å². The Hall–Kier alpha value is -3.06. The number of ether oxygens (including phenoxy) is 1. The van der Waals surface area contributed by atoms with Crippen molar-refractivity contribution in [3.8, 4) is 5.75 Å². The highest BCUT2D eigenvalue weighted by molar-refractivity contribution is 5.94. The van der Waals surface area contributed by atoms with Gasteiger partial charge in [0.05, 0.1) is 13.2 Å². The minimum Gasteiger partial charge on any atom is -0.497 e. The van der Waals surface area contributed by atoms with Gasteiger partial charge in [0.2, 0.25) is 5.91 Å². The molecule has 194 valence electrons. The number of methoxy groups -OCH3 is 1. The lowest BCUT2D eigenvalue weighted by molar-refractivity contribution is -0.118. The van der Waals surface area contributed by atoms with E-state index >= 15 is 0 Å². The van der Waals surface area contributed by atoms with Crippen LogP contribution in [0.4, 0.5) is 5.69 Å². The molecule has 4 rings (SSSR count). The Labute approximate surface area is 215 Å². The average Bonchev–Trinajstić information content (AvgIpc) is 2.87. The van der Waals surface area contributed by atoms with Gasteiger partial charge in [0, 0.05) is 43.2 Å². The number of primary amides is 1. The molecule has 36 heavy (non-hydrogen) atoms. The summed E-state index contributed by atoms with van der Waals surface area (Å²) in [6, 6.07) is 17.4. The van der Waals surface area contributed by atoms with Gasteiger partial charge < -0.3 is 26.0 Å². The number of nitrogens with one attached hydrogen (secondary N) is 2. The molecule has 0 bridgehead atoms. The van der Waals surface area contributed by atoms with Crippen molar-refractivity contribution in [2.45, 2.75) is 76.4 Å². The zero-order chi connectivity index (χ0) is 25.5. The zero-order valence-corrected chi connectivity index (χ0v) is 21.9. The second-order valence-electron chi connectivity index (χ2n) is 10.4. The molecule has 2 aliphatic rings. The van der Waals surface area contributed by atoms with E-state index in [1.807, 2.05) is 24.3 Å². The molecule has 0 spiro atoms. The van der Waals surface area contributed by atoms with E-state index in [9.17, 15) is 4.79 Å². The molecule has 3 unspecified atom stereocenters. The van der Waals surface area contributed by atoms with Gasteiger partial charge in [-0.3, -0.25) is 4.79 Å². The van der Waals surface area contributed by atoms with Gasteiger partial charge in [-0.1, -0.05) is 43.5 Å². The lowest BCUT2D eigenvalue weighted by atomic mass is 9.88. The van der Waals surface area contributed by atoms with Crippen LogP contribution in [0, 0.1) is 0 Å². The molecule has 1 amide bonds. The Kier molecular flexibility index (Phi) is 8.86. The smallest absolute Gasteiger partial charge is 0.218 e. The molecule has 4 N–H and O–H groups in total. The Bertz CT molecular complexity index is 1000. The first-order chi connectivity index (χ1) is 17.4. The molecule has 1 saturated carbocycles. The average molecular weight is 492 g/mol. The standard InChI is InChI=1S/C29H41N5O2/c1-20-18-34(19-21(2)31-20)29(32-24-7-5-4-6-8-24)33-25-13-9-22(10-14-25)27(17-28(30)35)23-11-15-26(36-3)16-12-23/h9-16,20-21,24,27,31H,4-8,17-19H2,1-3H3,(H2,30,35)(H,32,33). The summed E-state index contributed by atoms with van der Waals surface area (Å²) in [5.74, 6) is 1.34. The first-order valence-electron chi connectivity index (χ1n) is 13.3. The number of anilines is 1. The summed E-state index contributed by atoms with van der Waals surface area (Å²) in [5, 5.41) is 7.26. The Morgan fingerprint density at radius 1 is 1.03 bits per heavy atom. The fourth-order valence-electron chi connectivity index (χ4n) is 5.47. The number of amides is 1. The molecule has 2 aromatic rings. The van der Waals surface area contributed by atoms with Crippen molar-refractivity contribution in [2.75, 3.05) is 25.5 Å². The minimum atomic E-state index is -0.318. The topological polar surface area (TPSA) is 92.0 Å². The van der Waals surface area contributed by atoms with E-state index in [0.29, 0.717) is 18.1 Å². The molecule has 1 aliphatic carbocycles. The van der Waals surface area contributed by atoms with Crippen LogP contribution in [0.3, 0.4) is 0 Å². The van der Waals surface area contributed by atoms with E-state index in [1.54, 1.807) is 7.11 Å². The number of rotatable bonds is 7. The normalized spacial score (nSPS) is 22.2. The molecular weight excluding hydrogens is 450 g/mol. The molecule has 0 aromatic heterocycles. The number of nitrogens with two attached hydrogens (primary N) is 1. The summed E-state index contributed by atoms with van der Waals surface area (Å²) in [6.45, 7) is 6.32. The summed E-state index contributed by atoms with van der Waals surface area (Å²) in [6.07, 6.45) is 6.42. The fourth-order valence-corrected chi connectivity index (χ4v) is 5.47. The Balaban J connectivity index is 1.55. The number of guanidine groups is 1. The van der Waals surface area contributed by atoms with Gasteiger partial charge in [0.25, 0.3) is 0 Å². The van der Waals surface area contributed by atoms with Gasteiger partial charge in [-0.2, -0.15) is 0 Å². The molecule has 2 aromatic carbocycles. The van der Waals surface area contributed by atoms with Gasteiger partial charge in [-0.05, 0) is 62.1 Å². The molecule has 1 saturated heterocycles. The molecular formula is C29H41N5O2. The fraction of sp³-hybridized carbons (Fsp3) is 0.517. The lowest BCUT2D eigenvalue weighted by Crippen LogP contribution is -2.57. The van der Waals surface area contributed by atoms with E-state index in [1.165, 1.54) is 19.3 Å². The van der Waals surface area contributed by atoms with Crippen LogP contribution < -0.4 is 21.1 Å². The van der Waals surface area contributed by atoms with Crippen molar-refractivity contribution in [2.24, 2.45) is 10.7 Å². The van der Waals surface area contributed by atoms with E-state index in [-0.39, 0.29) is 18.2 Å². The number of piperazine rings is 1. The molecule has 0 radical (unpaired) electrons. The van der Waals surface area contributed by atoms with E-state index < -0.39 is 0 Å². The number of carbonyl (C=O) groups excluding carboxylic acids is 1. The predicted molar refractivity (Wildman–Crippen MR) is 147 cm³/mol. The lowest BCUT2D eigenvalue weighted by Gasteiger charge is -2.38. The quantitative estimate of drug-likeness (QED) is 0.392. The highest BCUT2D eigenvalue weighted by Crippen LogP contribution is 2.30. The van der Waals surface area contributed by atoms with Crippen LogP contribution >= 0.6 is 0 Å². The summed E-state index contributed by atoms with van der Waals surface area (Å²) >= 11 is 0. The van der Waals surface area contributed by atoms with Gasteiger partial charge >= 0.3 is 0 Å². The SMILES string of the molecule is COc1ccc(C(CC(N)=O)c2ccc(NC(=NC3CCCCC3)N3CC(C)NC(C)C3)cc2)cc1. The maximum absolute atomic E-state index is 11.9.